The van der Waals surface area contributed by atoms with E-state index < -0.39 is 0 Å². The van der Waals surface area contributed by atoms with Gasteiger partial charge in [0.15, 0.2) is 11.5 Å². The van der Waals surface area contributed by atoms with Crippen molar-refractivity contribution in [1.29, 1.82) is 0 Å². The molecule has 3 aromatic rings. The summed E-state index contributed by atoms with van der Waals surface area (Å²) in [6.07, 6.45) is 4.21. The van der Waals surface area contributed by atoms with Gasteiger partial charge in [-0.25, -0.2) is 9.38 Å². The van der Waals surface area contributed by atoms with Crippen molar-refractivity contribution in [3.8, 4) is 0 Å². The maximum absolute atomic E-state index is 12.7. The second-order valence-electron chi connectivity index (χ2n) is 7.93. The van der Waals surface area contributed by atoms with E-state index in [0.29, 0.717) is 12.5 Å². The molecule has 1 saturated heterocycles. The summed E-state index contributed by atoms with van der Waals surface area (Å²) in [5.74, 6) is 2.15. The molecule has 2 aliphatic rings. The summed E-state index contributed by atoms with van der Waals surface area (Å²) in [4.78, 5) is 22.0. The van der Waals surface area contributed by atoms with Crippen LogP contribution in [-0.2, 0) is 16.1 Å². The molecule has 8 nitrogen and oxygen atoms in total. The lowest BCUT2D eigenvalue weighted by Crippen LogP contribution is -2.41. The molecule has 1 saturated carbocycles. The van der Waals surface area contributed by atoms with E-state index in [0.717, 1.165) is 73.8 Å². The first kappa shape index (κ1) is 18.3. The number of amides is 1. The number of benzene rings is 1. The number of para-hydroxylation sites is 1. The third-order valence-corrected chi connectivity index (χ3v) is 6.11. The number of aromatic nitrogens is 4. The maximum Gasteiger partial charge on any atom is 0.225 e. The fourth-order valence-electron chi connectivity index (χ4n) is 4.31. The summed E-state index contributed by atoms with van der Waals surface area (Å²) in [5.41, 5.74) is 1.70. The van der Waals surface area contributed by atoms with Crippen molar-refractivity contribution in [2.24, 2.45) is 5.92 Å². The fourth-order valence-corrected chi connectivity index (χ4v) is 4.31. The lowest BCUT2D eigenvalue weighted by atomic mass is 9.84. The molecule has 1 amide bonds. The molecule has 3 heterocycles. The van der Waals surface area contributed by atoms with Crippen LogP contribution in [0.3, 0.4) is 0 Å². The number of fused-ring (bicyclic) bond motifs is 3. The van der Waals surface area contributed by atoms with Crippen molar-refractivity contribution >= 4 is 28.4 Å². The standard InChI is InChI=1S/C21H26N6O2/c1-29-14-18-23-24-19-16-8-2-3-9-17(16)22-21(27(18)19)26-11-5-10-25(12-13-26)20(28)15-6-4-7-15/h2-3,8-9,15H,4-7,10-14H2,1H3. The van der Waals surface area contributed by atoms with Crippen molar-refractivity contribution in [3.63, 3.8) is 0 Å². The number of ether oxygens (including phenoxy) is 1. The van der Waals surface area contributed by atoms with Crippen LogP contribution in [0.25, 0.3) is 16.6 Å². The predicted octanol–water partition coefficient (Wildman–Crippen LogP) is 2.26. The van der Waals surface area contributed by atoms with Crippen LogP contribution in [0.15, 0.2) is 24.3 Å². The first-order chi connectivity index (χ1) is 14.3. The highest BCUT2D eigenvalue weighted by molar-refractivity contribution is 5.92. The highest BCUT2D eigenvalue weighted by Crippen LogP contribution is 2.29. The summed E-state index contributed by atoms with van der Waals surface area (Å²) < 4.78 is 7.35. The van der Waals surface area contributed by atoms with E-state index in [1.54, 1.807) is 7.11 Å². The Morgan fingerprint density at radius 1 is 1.10 bits per heavy atom. The number of anilines is 1. The number of rotatable bonds is 4. The predicted molar refractivity (Wildman–Crippen MR) is 110 cm³/mol. The Balaban J connectivity index is 1.51. The number of hydrogen-bond donors (Lipinski definition) is 0. The second kappa shape index (κ2) is 7.59. The number of carbonyl (C=O) groups excluding carboxylic acids is 1. The Morgan fingerprint density at radius 2 is 1.97 bits per heavy atom. The summed E-state index contributed by atoms with van der Waals surface area (Å²) in [6, 6.07) is 8.01. The van der Waals surface area contributed by atoms with Crippen LogP contribution >= 0.6 is 0 Å². The summed E-state index contributed by atoms with van der Waals surface area (Å²) >= 11 is 0. The first-order valence-electron chi connectivity index (χ1n) is 10.4. The zero-order valence-corrected chi connectivity index (χ0v) is 16.8. The molecule has 0 atom stereocenters. The average Bonchev–Trinajstić information content (AvgIpc) is 2.95. The molecule has 2 aromatic heterocycles. The molecular formula is C21H26N6O2. The zero-order valence-electron chi connectivity index (χ0n) is 16.8. The molecule has 0 spiro atoms. The average molecular weight is 394 g/mol. The monoisotopic (exact) mass is 394 g/mol. The Kier molecular flexibility index (Phi) is 4.79. The molecule has 0 radical (unpaired) electrons. The molecule has 1 aliphatic heterocycles. The number of carbonyl (C=O) groups is 1. The van der Waals surface area contributed by atoms with Crippen molar-refractivity contribution in [2.45, 2.75) is 32.3 Å². The number of nitrogens with zero attached hydrogens (tertiary/aromatic N) is 6. The third-order valence-electron chi connectivity index (χ3n) is 6.11. The Labute approximate surface area is 169 Å². The molecule has 29 heavy (non-hydrogen) atoms. The van der Waals surface area contributed by atoms with Gasteiger partial charge >= 0.3 is 0 Å². The molecule has 1 aromatic carbocycles. The van der Waals surface area contributed by atoms with Gasteiger partial charge < -0.3 is 14.5 Å². The van der Waals surface area contributed by atoms with E-state index in [2.05, 4.69) is 15.1 Å². The maximum atomic E-state index is 12.7. The largest absolute Gasteiger partial charge is 0.377 e. The highest BCUT2D eigenvalue weighted by atomic mass is 16.5. The molecule has 5 rings (SSSR count). The molecule has 152 valence electrons. The van der Waals surface area contributed by atoms with E-state index in [-0.39, 0.29) is 5.92 Å². The van der Waals surface area contributed by atoms with Crippen LogP contribution in [0.5, 0.6) is 0 Å². The van der Waals surface area contributed by atoms with E-state index in [1.165, 1.54) is 6.42 Å². The Bertz CT molecular complexity index is 1040. The molecule has 2 fully saturated rings. The van der Waals surface area contributed by atoms with Crippen LogP contribution in [-0.4, -0.2) is 63.7 Å². The van der Waals surface area contributed by atoms with Gasteiger partial charge in [-0.1, -0.05) is 18.6 Å². The van der Waals surface area contributed by atoms with Gasteiger partial charge in [-0.2, -0.15) is 0 Å². The molecule has 8 heteroatoms. The molecule has 0 bridgehead atoms. The Morgan fingerprint density at radius 3 is 2.76 bits per heavy atom. The minimum Gasteiger partial charge on any atom is -0.377 e. The van der Waals surface area contributed by atoms with Gasteiger partial charge in [-0.05, 0) is 31.4 Å². The van der Waals surface area contributed by atoms with Gasteiger partial charge in [0.2, 0.25) is 11.9 Å². The fraction of sp³-hybridized carbons (Fsp3) is 0.524. The van der Waals surface area contributed by atoms with E-state index >= 15 is 0 Å². The van der Waals surface area contributed by atoms with Crippen molar-refractivity contribution < 1.29 is 9.53 Å². The van der Waals surface area contributed by atoms with Crippen LogP contribution in [0.2, 0.25) is 0 Å². The van der Waals surface area contributed by atoms with Gasteiger partial charge in [0.05, 0.1) is 5.52 Å². The Hall–Kier alpha value is -2.74. The first-order valence-corrected chi connectivity index (χ1v) is 10.4. The third kappa shape index (κ3) is 3.21. The van der Waals surface area contributed by atoms with Crippen LogP contribution < -0.4 is 4.90 Å². The minimum atomic E-state index is 0.248. The van der Waals surface area contributed by atoms with Crippen molar-refractivity contribution in [1.82, 2.24) is 24.5 Å². The SMILES string of the molecule is COCc1nnc2c3ccccc3nc(N3CCCN(C(=O)C4CCC4)CC3)n12. The van der Waals surface area contributed by atoms with Gasteiger partial charge in [0.25, 0.3) is 0 Å². The molecule has 0 N–H and O–H groups in total. The minimum absolute atomic E-state index is 0.248. The lowest BCUT2D eigenvalue weighted by molar-refractivity contribution is -0.137. The van der Waals surface area contributed by atoms with Gasteiger partial charge in [0.1, 0.15) is 6.61 Å². The summed E-state index contributed by atoms with van der Waals surface area (Å²) in [6.45, 7) is 3.51. The second-order valence-corrected chi connectivity index (χ2v) is 7.93. The van der Waals surface area contributed by atoms with Gasteiger partial charge in [-0.15, -0.1) is 10.2 Å². The quantitative estimate of drug-likeness (QED) is 0.676. The van der Waals surface area contributed by atoms with Crippen molar-refractivity contribution in [2.75, 3.05) is 38.2 Å². The zero-order chi connectivity index (χ0) is 19.8. The van der Waals surface area contributed by atoms with E-state index in [4.69, 9.17) is 9.72 Å². The highest BCUT2D eigenvalue weighted by Gasteiger charge is 2.31. The summed E-state index contributed by atoms with van der Waals surface area (Å²) in [7, 11) is 1.66. The lowest BCUT2D eigenvalue weighted by Gasteiger charge is -2.31. The molecule has 1 aliphatic carbocycles. The van der Waals surface area contributed by atoms with Gasteiger partial charge in [0, 0.05) is 44.6 Å². The van der Waals surface area contributed by atoms with Crippen molar-refractivity contribution in [3.05, 3.63) is 30.1 Å². The number of hydrogen-bond acceptors (Lipinski definition) is 6. The topological polar surface area (TPSA) is 75.9 Å². The normalized spacial score (nSPS) is 18.2. The van der Waals surface area contributed by atoms with E-state index in [1.807, 2.05) is 33.6 Å². The van der Waals surface area contributed by atoms with Crippen LogP contribution in [0.1, 0.15) is 31.5 Å². The number of methoxy groups -OCH3 is 1. The van der Waals surface area contributed by atoms with Gasteiger partial charge in [-0.3, -0.25) is 4.79 Å². The summed E-state index contributed by atoms with van der Waals surface area (Å²) in [5, 5.41) is 9.76. The molecule has 0 unspecified atom stereocenters. The smallest absolute Gasteiger partial charge is 0.225 e. The van der Waals surface area contributed by atoms with Crippen LogP contribution in [0, 0.1) is 5.92 Å². The van der Waals surface area contributed by atoms with Crippen LogP contribution in [0.4, 0.5) is 5.95 Å². The van der Waals surface area contributed by atoms with E-state index in [9.17, 15) is 4.79 Å². The molecular weight excluding hydrogens is 368 g/mol.